The molecule has 0 bridgehead atoms. The van der Waals surface area contributed by atoms with Gasteiger partial charge in [-0.05, 0) is 48.9 Å². The molecule has 1 aromatic carbocycles. The predicted molar refractivity (Wildman–Crippen MR) is 80.5 cm³/mol. The average molecular weight is 272 g/mol. The zero-order valence-electron chi connectivity index (χ0n) is 12.2. The first-order chi connectivity index (χ1) is 9.74. The number of rotatable bonds is 3. The lowest BCUT2D eigenvalue weighted by atomic mass is 9.84. The van der Waals surface area contributed by atoms with Crippen LogP contribution in [0.25, 0.3) is 0 Å². The van der Waals surface area contributed by atoms with Crippen molar-refractivity contribution < 1.29 is 4.79 Å². The molecule has 108 valence electrons. The van der Waals surface area contributed by atoms with Crippen molar-refractivity contribution in [2.45, 2.75) is 58.2 Å². The highest BCUT2D eigenvalue weighted by atomic mass is 16.1. The number of amides is 1. The molecule has 1 atom stereocenters. The van der Waals surface area contributed by atoms with Gasteiger partial charge in [0.2, 0.25) is 0 Å². The van der Waals surface area contributed by atoms with Gasteiger partial charge in [0.05, 0.1) is 0 Å². The second-order valence-corrected chi connectivity index (χ2v) is 6.25. The lowest BCUT2D eigenvalue weighted by molar-refractivity contribution is 0.0919. The van der Waals surface area contributed by atoms with Gasteiger partial charge in [-0.3, -0.25) is 4.79 Å². The van der Waals surface area contributed by atoms with Gasteiger partial charge < -0.3 is 10.6 Å². The van der Waals surface area contributed by atoms with E-state index in [9.17, 15) is 4.79 Å². The van der Waals surface area contributed by atoms with Gasteiger partial charge in [0.15, 0.2) is 0 Å². The summed E-state index contributed by atoms with van der Waals surface area (Å²) in [5.74, 6) is 0.738. The summed E-state index contributed by atoms with van der Waals surface area (Å²) in [5, 5.41) is 6.51. The number of carbonyl (C=O) groups is 1. The molecule has 3 rings (SSSR count). The van der Waals surface area contributed by atoms with E-state index in [-0.39, 0.29) is 11.9 Å². The Morgan fingerprint density at radius 2 is 1.95 bits per heavy atom. The summed E-state index contributed by atoms with van der Waals surface area (Å²) >= 11 is 0. The molecule has 1 aliphatic heterocycles. The van der Waals surface area contributed by atoms with Crippen molar-refractivity contribution in [2.75, 3.05) is 0 Å². The van der Waals surface area contributed by atoms with Crippen molar-refractivity contribution in [3.63, 3.8) is 0 Å². The Balaban J connectivity index is 1.63. The maximum atomic E-state index is 12.4. The van der Waals surface area contributed by atoms with Gasteiger partial charge >= 0.3 is 0 Å². The van der Waals surface area contributed by atoms with Crippen molar-refractivity contribution in [3.05, 3.63) is 34.9 Å². The first kappa shape index (κ1) is 13.6. The highest BCUT2D eigenvalue weighted by molar-refractivity contribution is 5.94. The molecule has 2 N–H and O–H groups in total. The van der Waals surface area contributed by atoms with Gasteiger partial charge in [-0.1, -0.05) is 25.3 Å². The van der Waals surface area contributed by atoms with Crippen LogP contribution in [0.3, 0.4) is 0 Å². The first-order valence-electron chi connectivity index (χ1n) is 7.87. The van der Waals surface area contributed by atoms with Crippen molar-refractivity contribution >= 4 is 5.91 Å². The molecule has 3 nitrogen and oxygen atoms in total. The number of fused-ring (bicyclic) bond motifs is 1. The largest absolute Gasteiger partial charge is 0.349 e. The fourth-order valence-corrected chi connectivity index (χ4v) is 3.48. The quantitative estimate of drug-likeness (QED) is 0.888. The van der Waals surface area contributed by atoms with Gasteiger partial charge in [-0.15, -0.1) is 0 Å². The zero-order valence-corrected chi connectivity index (χ0v) is 12.2. The second kappa shape index (κ2) is 5.96. The normalized spacial score (nSPS) is 20.4. The average Bonchev–Trinajstić information content (AvgIpc) is 2.95. The fourth-order valence-electron chi connectivity index (χ4n) is 3.48. The third-order valence-corrected chi connectivity index (χ3v) is 4.82. The van der Waals surface area contributed by atoms with Crippen LogP contribution in [0.1, 0.15) is 60.5 Å². The summed E-state index contributed by atoms with van der Waals surface area (Å²) in [7, 11) is 0. The van der Waals surface area contributed by atoms with Crippen molar-refractivity contribution in [1.29, 1.82) is 0 Å². The summed E-state index contributed by atoms with van der Waals surface area (Å²) in [5.41, 5.74) is 3.39. The predicted octanol–water partition coefficient (Wildman–Crippen LogP) is 2.99. The molecule has 1 aromatic rings. The van der Waals surface area contributed by atoms with Crippen LogP contribution in [0.4, 0.5) is 0 Å². The van der Waals surface area contributed by atoms with Crippen LogP contribution in [0, 0.1) is 5.92 Å². The molecule has 0 spiro atoms. The SMILES string of the molecule is CC(NC(=O)c1ccc2c(c1)CNC2)C1CCCCC1. The minimum absolute atomic E-state index is 0.0813. The highest BCUT2D eigenvalue weighted by Gasteiger charge is 2.22. The Bertz CT molecular complexity index is 492. The molecule has 20 heavy (non-hydrogen) atoms. The molecule has 0 aromatic heterocycles. The minimum Gasteiger partial charge on any atom is -0.349 e. The Kier molecular flexibility index (Phi) is 4.06. The Morgan fingerprint density at radius 1 is 1.20 bits per heavy atom. The van der Waals surface area contributed by atoms with E-state index in [4.69, 9.17) is 0 Å². The molecule has 1 fully saturated rings. The van der Waals surface area contributed by atoms with Crippen LogP contribution in [0.5, 0.6) is 0 Å². The van der Waals surface area contributed by atoms with Crippen LogP contribution in [-0.4, -0.2) is 11.9 Å². The summed E-state index contributed by atoms with van der Waals surface area (Å²) in [4.78, 5) is 12.4. The van der Waals surface area contributed by atoms with E-state index in [0.717, 1.165) is 18.7 Å². The third kappa shape index (κ3) is 2.88. The molecule has 3 heteroatoms. The summed E-state index contributed by atoms with van der Waals surface area (Å²) in [6.07, 6.45) is 6.50. The van der Waals surface area contributed by atoms with Gasteiger partial charge in [0, 0.05) is 24.7 Å². The van der Waals surface area contributed by atoms with Crippen molar-refractivity contribution in [2.24, 2.45) is 5.92 Å². The van der Waals surface area contributed by atoms with Gasteiger partial charge in [-0.25, -0.2) is 0 Å². The van der Waals surface area contributed by atoms with Gasteiger partial charge in [0.25, 0.3) is 5.91 Å². The number of benzene rings is 1. The Labute approximate surface area is 121 Å². The lowest BCUT2D eigenvalue weighted by Crippen LogP contribution is -2.38. The topological polar surface area (TPSA) is 41.1 Å². The Hall–Kier alpha value is -1.35. The van der Waals surface area contributed by atoms with Crippen LogP contribution < -0.4 is 10.6 Å². The smallest absolute Gasteiger partial charge is 0.251 e. The summed E-state index contributed by atoms with van der Waals surface area (Å²) in [6.45, 7) is 3.97. The maximum absolute atomic E-state index is 12.4. The van der Waals surface area contributed by atoms with Crippen molar-refractivity contribution in [1.82, 2.24) is 10.6 Å². The standard InChI is InChI=1S/C17H24N2O/c1-12(13-5-3-2-4-6-13)19-17(20)14-7-8-15-10-18-11-16(15)9-14/h7-9,12-13,18H,2-6,10-11H2,1H3,(H,19,20). The van der Waals surface area contributed by atoms with E-state index in [2.05, 4.69) is 23.6 Å². The number of hydrogen-bond acceptors (Lipinski definition) is 2. The monoisotopic (exact) mass is 272 g/mol. The lowest BCUT2D eigenvalue weighted by Gasteiger charge is -2.28. The van der Waals surface area contributed by atoms with Crippen molar-refractivity contribution in [3.8, 4) is 0 Å². The van der Waals surface area contributed by atoms with E-state index in [1.54, 1.807) is 0 Å². The van der Waals surface area contributed by atoms with Gasteiger partial charge in [-0.2, -0.15) is 0 Å². The molecule has 0 radical (unpaired) electrons. The number of carbonyl (C=O) groups excluding carboxylic acids is 1. The molecular weight excluding hydrogens is 248 g/mol. The van der Waals surface area contributed by atoms with Crippen LogP contribution >= 0.6 is 0 Å². The zero-order chi connectivity index (χ0) is 13.9. The number of nitrogens with one attached hydrogen (secondary N) is 2. The fraction of sp³-hybridized carbons (Fsp3) is 0.588. The molecule has 1 saturated carbocycles. The van der Waals surface area contributed by atoms with Crippen LogP contribution in [-0.2, 0) is 13.1 Å². The van der Waals surface area contributed by atoms with E-state index in [0.29, 0.717) is 5.92 Å². The molecule has 0 saturated heterocycles. The van der Waals surface area contributed by atoms with Crippen LogP contribution in [0.15, 0.2) is 18.2 Å². The molecule has 1 unspecified atom stereocenters. The molecule has 2 aliphatic rings. The maximum Gasteiger partial charge on any atom is 0.251 e. The van der Waals surface area contributed by atoms with Gasteiger partial charge in [0.1, 0.15) is 0 Å². The Morgan fingerprint density at radius 3 is 2.75 bits per heavy atom. The third-order valence-electron chi connectivity index (χ3n) is 4.82. The van der Waals surface area contributed by atoms with Crippen LogP contribution in [0.2, 0.25) is 0 Å². The molecule has 1 amide bonds. The first-order valence-corrected chi connectivity index (χ1v) is 7.87. The van der Waals surface area contributed by atoms with E-state index in [1.165, 1.54) is 43.2 Å². The summed E-state index contributed by atoms with van der Waals surface area (Å²) in [6, 6.07) is 6.36. The second-order valence-electron chi connectivity index (χ2n) is 6.25. The molecule has 1 aliphatic carbocycles. The summed E-state index contributed by atoms with van der Waals surface area (Å²) < 4.78 is 0. The van der Waals surface area contributed by atoms with E-state index >= 15 is 0 Å². The molecular formula is C17H24N2O. The van der Waals surface area contributed by atoms with E-state index < -0.39 is 0 Å². The minimum atomic E-state index is 0.0813. The highest BCUT2D eigenvalue weighted by Crippen LogP contribution is 2.26. The van der Waals surface area contributed by atoms with E-state index in [1.807, 2.05) is 12.1 Å². The number of hydrogen-bond donors (Lipinski definition) is 2. The molecule has 1 heterocycles.